The summed E-state index contributed by atoms with van der Waals surface area (Å²) in [6, 6.07) is 0. The van der Waals surface area contributed by atoms with Crippen LogP contribution in [0.3, 0.4) is 0 Å². The maximum absolute atomic E-state index is 11.2. The zero-order chi connectivity index (χ0) is 15.3. The largest absolute Gasteiger partial charge is 0.481 e. The van der Waals surface area contributed by atoms with Gasteiger partial charge in [0.25, 0.3) is 0 Å². The molecule has 0 heterocycles. The van der Waals surface area contributed by atoms with E-state index in [1.165, 1.54) is 12.2 Å². The average Bonchev–Trinajstić information content (AvgIpc) is 2.39. The van der Waals surface area contributed by atoms with E-state index in [2.05, 4.69) is 11.3 Å². The maximum atomic E-state index is 11.2. The number of aliphatic carboxylic acids is 2. The molecule has 0 spiro atoms. The molecule has 1 aliphatic rings. The number of carboxylic acids is 2. The zero-order valence-electron chi connectivity index (χ0n) is 10.5. The van der Waals surface area contributed by atoms with Crippen LogP contribution in [0.4, 0.5) is 0 Å². The van der Waals surface area contributed by atoms with Crippen molar-refractivity contribution >= 4 is 17.9 Å². The highest BCUT2D eigenvalue weighted by Gasteiger charge is 2.50. The molecule has 0 fully saturated rings. The lowest BCUT2D eigenvalue weighted by molar-refractivity contribution is -0.167. The van der Waals surface area contributed by atoms with E-state index in [0.29, 0.717) is 0 Å². The van der Waals surface area contributed by atoms with Crippen molar-refractivity contribution in [3.63, 3.8) is 0 Å². The van der Waals surface area contributed by atoms with E-state index in [1.54, 1.807) is 0 Å². The summed E-state index contributed by atoms with van der Waals surface area (Å²) in [4.78, 5) is 33.2. The van der Waals surface area contributed by atoms with Gasteiger partial charge in [-0.1, -0.05) is 24.8 Å². The summed E-state index contributed by atoms with van der Waals surface area (Å²) in [6.45, 7) is 3.01. The molecular formula is C13H14O7. The van der Waals surface area contributed by atoms with Crippen molar-refractivity contribution < 1.29 is 34.4 Å². The molecule has 7 nitrogen and oxygen atoms in total. The molecule has 2 unspecified atom stereocenters. The van der Waals surface area contributed by atoms with Gasteiger partial charge in [0.1, 0.15) is 5.92 Å². The second kappa shape index (κ2) is 6.16. The Kier molecular flexibility index (Phi) is 4.82. The molecule has 0 saturated carbocycles. The van der Waals surface area contributed by atoms with Gasteiger partial charge < -0.3 is 20.1 Å². The highest BCUT2D eigenvalue weighted by atomic mass is 16.5. The van der Waals surface area contributed by atoms with Crippen molar-refractivity contribution in [2.24, 2.45) is 5.92 Å². The van der Waals surface area contributed by atoms with Gasteiger partial charge in [-0.3, -0.25) is 4.79 Å². The first kappa shape index (κ1) is 15.6. The summed E-state index contributed by atoms with van der Waals surface area (Å²) < 4.78 is 4.69. The van der Waals surface area contributed by atoms with E-state index in [9.17, 15) is 19.5 Å². The van der Waals surface area contributed by atoms with Crippen LogP contribution >= 0.6 is 0 Å². The Bertz CT molecular complexity index is 503. The van der Waals surface area contributed by atoms with Gasteiger partial charge in [0, 0.05) is 12.5 Å². The van der Waals surface area contributed by atoms with Crippen LogP contribution in [0.15, 0.2) is 36.5 Å². The number of hydrogen-bond acceptors (Lipinski definition) is 5. The molecule has 1 aliphatic carbocycles. The number of rotatable bonds is 6. The van der Waals surface area contributed by atoms with Gasteiger partial charge in [-0.2, -0.15) is 0 Å². The number of carboxylic acid groups (broad SMARTS) is 2. The lowest BCUT2D eigenvalue weighted by Crippen LogP contribution is -2.51. The van der Waals surface area contributed by atoms with Crippen LogP contribution < -0.4 is 0 Å². The minimum absolute atomic E-state index is 0.0447. The first-order valence-electron chi connectivity index (χ1n) is 5.69. The molecular weight excluding hydrogens is 268 g/mol. The molecule has 108 valence electrons. The summed E-state index contributed by atoms with van der Waals surface area (Å²) in [5.74, 6) is -5.42. The lowest BCUT2D eigenvalue weighted by atomic mass is 9.76. The van der Waals surface area contributed by atoms with E-state index in [4.69, 9.17) is 10.2 Å². The number of ether oxygens (including phenoxy) is 1. The molecule has 0 bridgehead atoms. The molecule has 0 aromatic carbocycles. The lowest BCUT2D eigenvalue weighted by Gasteiger charge is -2.32. The summed E-state index contributed by atoms with van der Waals surface area (Å²) in [7, 11) is 0. The predicted molar refractivity (Wildman–Crippen MR) is 66.7 cm³/mol. The van der Waals surface area contributed by atoms with Crippen LogP contribution in [0.25, 0.3) is 0 Å². The van der Waals surface area contributed by atoms with E-state index < -0.39 is 29.4 Å². The number of esters is 1. The predicted octanol–water partition coefficient (Wildman–Crippen LogP) is 0.118. The fraction of sp³-hybridized carbons (Fsp3) is 0.308. The smallest absolute Gasteiger partial charge is 0.341 e. The summed E-state index contributed by atoms with van der Waals surface area (Å²) in [5, 5.41) is 28.3. The summed E-state index contributed by atoms with van der Waals surface area (Å²) in [5.41, 5.74) is -2.60. The molecule has 0 aromatic rings. The van der Waals surface area contributed by atoms with E-state index >= 15 is 0 Å². The fourth-order valence-corrected chi connectivity index (χ4v) is 1.87. The molecule has 2 atom stereocenters. The van der Waals surface area contributed by atoms with Crippen LogP contribution in [0.5, 0.6) is 0 Å². The molecule has 3 N–H and O–H groups in total. The monoisotopic (exact) mass is 282 g/mol. The summed E-state index contributed by atoms with van der Waals surface area (Å²) in [6.07, 6.45) is 4.58. The van der Waals surface area contributed by atoms with Crippen molar-refractivity contribution in [3.8, 4) is 0 Å². The van der Waals surface area contributed by atoms with Gasteiger partial charge in [-0.15, -0.1) is 0 Å². The van der Waals surface area contributed by atoms with Gasteiger partial charge in [0.05, 0.1) is 6.61 Å². The Morgan fingerprint density at radius 3 is 2.55 bits per heavy atom. The van der Waals surface area contributed by atoms with E-state index in [-0.39, 0.29) is 18.6 Å². The van der Waals surface area contributed by atoms with Crippen LogP contribution in [0.2, 0.25) is 0 Å². The normalized spacial score (nSPS) is 24.6. The Labute approximate surface area is 114 Å². The zero-order valence-corrected chi connectivity index (χ0v) is 10.5. The van der Waals surface area contributed by atoms with Gasteiger partial charge >= 0.3 is 17.9 Å². The molecule has 20 heavy (non-hydrogen) atoms. The molecule has 0 aromatic heterocycles. The van der Waals surface area contributed by atoms with Crippen molar-refractivity contribution in [1.82, 2.24) is 0 Å². The number of allylic oxidation sites excluding steroid dienone is 2. The molecule has 0 saturated heterocycles. The van der Waals surface area contributed by atoms with E-state index in [0.717, 1.165) is 12.2 Å². The maximum Gasteiger partial charge on any atom is 0.341 e. The first-order chi connectivity index (χ1) is 9.33. The van der Waals surface area contributed by atoms with Gasteiger partial charge in [0.15, 0.2) is 0 Å². The molecule has 0 amide bonds. The highest BCUT2D eigenvalue weighted by Crippen LogP contribution is 2.33. The SMILES string of the molecule is C=CC(=O)OCCC1=CC=CC(C(=O)O)C1(O)C(=O)O. The van der Waals surface area contributed by atoms with Crippen molar-refractivity contribution in [1.29, 1.82) is 0 Å². The third kappa shape index (κ3) is 2.94. The quantitative estimate of drug-likeness (QED) is 0.467. The topological polar surface area (TPSA) is 121 Å². The average molecular weight is 282 g/mol. The third-order valence-corrected chi connectivity index (χ3v) is 2.92. The van der Waals surface area contributed by atoms with Crippen molar-refractivity contribution in [2.75, 3.05) is 6.61 Å². The van der Waals surface area contributed by atoms with Crippen LogP contribution in [-0.4, -0.2) is 45.4 Å². The van der Waals surface area contributed by atoms with Gasteiger partial charge in [0.2, 0.25) is 5.60 Å². The Hall–Kier alpha value is -2.41. The minimum atomic E-state index is -2.55. The molecule has 0 radical (unpaired) electrons. The molecule has 7 heteroatoms. The number of carbonyl (C=O) groups excluding carboxylic acids is 1. The van der Waals surface area contributed by atoms with Crippen LogP contribution in [0.1, 0.15) is 6.42 Å². The van der Waals surface area contributed by atoms with Gasteiger partial charge in [-0.25, -0.2) is 9.59 Å². The standard InChI is InChI=1S/C13H14O7/c1-2-10(14)20-7-6-8-4-3-5-9(11(15)16)13(8,19)12(17)18/h2-5,9,19H,1,6-7H2,(H,15,16)(H,17,18). The minimum Gasteiger partial charge on any atom is -0.481 e. The van der Waals surface area contributed by atoms with E-state index in [1.807, 2.05) is 0 Å². The second-order valence-corrected chi connectivity index (χ2v) is 4.09. The Morgan fingerprint density at radius 1 is 1.40 bits per heavy atom. The highest BCUT2D eigenvalue weighted by molar-refractivity contribution is 5.91. The van der Waals surface area contributed by atoms with Crippen LogP contribution in [0, 0.1) is 5.92 Å². The van der Waals surface area contributed by atoms with Crippen molar-refractivity contribution in [2.45, 2.75) is 12.0 Å². The fourth-order valence-electron chi connectivity index (χ4n) is 1.87. The number of aliphatic hydroxyl groups is 1. The number of hydrogen-bond donors (Lipinski definition) is 3. The Balaban J connectivity index is 2.92. The Morgan fingerprint density at radius 2 is 2.05 bits per heavy atom. The third-order valence-electron chi connectivity index (χ3n) is 2.92. The molecule has 1 rings (SSSR count). The number of carbonyl (C=O) groups is 3. The second-order valence-electron chi connectivity index (χ2n) is 4.09. The molecule has 0 aliphatic heterocycles. The van der Waals surface area contributed by atoms with Crippen LogP contribution in [-0.2, 0) is 19.1 Å². The van der Waals surface area contributed by atoms with Gasteiger partial charge in [-0.05, 0) is 5.57 Å². The van der Waals surface area contributed by atoms with Crippen molar-refractivity contribution in [3.05, 3.63) is 36.5 Å². The summed E-state index contributed by atoms with van der Waals surface area (Å²) >= 11 is 0. The first-order valence-corrected chi connectivity index (χ1v) is 5.69.